The number of para-hydroxylation sites is 2. The van der Waals surface area contributed by atoms with Crippen molar-refractivity contribution in [3.8, 4) is 11.4 Å². The summed E-state index contributed by atoms with van der Waals surface area (Å²) < 4.78 is 6.65. The van der Waals surface area contributed by atoms with E-state index in [4.69, 9.17) is 21.4 Å². The lowest BCUT2D eigenvalue weighted by Crippen LogP contribution is -2.24. The summed E-state index contributed by atoms with van der Waals surface area (Å²) in [4.78, 5) is 41.0. The Labute approximate surface area is 214 Å². The van der Waals surface area contributed by atoms with Crippen LogP contribution in [0.2, 0.25) is 5.02 Å². The van der Waals surface area contributed by atoms with Gasteiger partial charge in [-0.3, -0.25) is 14.2 Å². The molecule has 9 nitrogen and oxygen atoms in total. The number of thioether (sulfide) groups is 1. The van der Waals surface area contributed by atoms with E-state index in [9.17, 15) is 14.4 Å². The van der Waals surface area contributed by atoms with Crippen LogP contribution < -0.4 is 15.7 Å². The third kappa shape index (κ3) is 6.09. The fourth-order valence-electron chi connectivity index (χ4n) is 3.22. The predicted molar refractivity (Wildman–Crippen MR) is 138 cm³/mol. The average molecular weight is 523 g/mol. The lowest BCUT2D eigenvalue weighted by Gasteiger charge is -2.13. The van der Waals surface area contributed by atoms with Crippen molar-refractivity contribution < 1.29 is 19.4 Å². The second-order valence-electron chi connectivity index (χ2n) is 7.33. The number of carbonyl (C=O) groups is 2. The quantitative estimate of drug-likeness (QED) is 0.148. The zero-order valence-electron chi connectivity index (χ0n) is 18.6. The third-order valence-corrected chi connectivity index (χ3v) is 6.02. The maximum absolute atomic E-state index is 13.2. The zero-order valence-corrected chi connectivity index (χ0v) is 20.2. The highest BCUT2D eigenvalue weighted by Crippen LogP contribution is 2.22. The molecule has 0 fully saturated rings. The Morgan fingerprint density at radius 2 is 1.81 bits per heavy atom. The largest absolute Gasteiger partial charge is 0.481 e. The number of nitrogens with one attached hydrogen (secondary N) is 1. The Morgan fingerprint density at radius 3 is 2.58 bits per heavy atom. The lowest BCUT2D eigenvalue weighted by atomic mass is 10.2. The van der Waals surface area contributed by atoms with E-state index < -0.39 is 18.5 Å². The molecule has 0 saturated carbocycles. The van der Waals surface area contributed by atoms with Crippen LogP contribution >= 0.6 is 23.4 Å². The molecular formula is C25H19ClN4O5S. The Morgan fingerprint density at radius 1 is 1.08 bits per heavy atom. The van der Waals surface area contributed by atoms with Gasteiger partial charge in [0, 0.05) is 10.6 Å². The zero-order chi connectivity index (χ0) is 25.5. The molecule has 0 unspecified atom stereocenters. The van der Waals surface area contributed by atoms with Gasteiger partial charge in [-0.1, -0.05) is 47.6 Å². The van der Waals surface area contributed by atoms with Crippen molar-refractivity contribution in [3.05, 3.63) is 93.7 Å². The van der Waals surface area contributed by atoms with E-state index in [1.165, 1.54) is 10.8 Å². The average Bonchev–Trinajstić information content (AvgIpc) is 2.88. The molecule has 1 aromatic heterocycles. The number of fused-ring (bicyclic) bond motifs is 1. The molecule has 0 spiro atoms. The van der Waals surface area contributed by atoms with Crippen molar-refractivity contribution >= 4 is 52.4 Å². The molecule has 4 rings (SSSR count). The number of rotatable bonds is 9. The van der Waals surface area contributed by atoms with Gasteiger partial charge in [0.2, 0.25) is 0 Å². The van der Waals surface area contributed by atoms with Gasteiger partial charge in [0.1, 0.15) is 5.75 Å². The van der Waals surface area contributed by atoms with Gasteiger partial charge in [-0.15, -0.1) is 0 Å². The first-order valence-corrected chi connectivity index (χ1v) is 11.9. The summed E-state index contributed by atoms with van der Waals surface area (Å²) in [6.07, 6.45) is 1.36. The smallest absolute Gasteiger partial charge is 0.341 e. The number of hydrogen-bond donors (Lipinski definition) is 2. The van der Waals surface area contributed by atoms with Gasteiger partial charge in [0.05, 0.1) is 28.6 Å². The van der Waals surface area contributed by atoms with Gasteiger partial charge < -0.3 is 9.84 Å². The van der Waals surface area contributed by atoms with Crippen LogP contribution in [0.15, 0.2) is 87.8 Å². The van der Waals surface area contributed by atoms with Crippen LogP contribution in [0, 0.1) is 0 Å². The highest BCUT2D eigenvalue weighted by Gasteiger charge is 2.15. The molecule has 2 N–H and O–H groups in total. The molecule has 11 heteroatoms. The van der Waals surface area contributed by atoms with Crippen molar-refractivity contribution in [2.45, 2.75) is 5.16 Å². The highest BCUT2D eigenvalue weighted by molar-refractivity contribution is 7.99. The summed E-state index contributed by atoms with van der Waals surface area (Å²) in [5, 5.41) is 14.1. The van der Waals surface area contributed by atoms with Gasteiger partial charge in [0.25, 0.3) is 11.5 Å². The molecule has 4 aromatic rings. The van der Waals surface area contributed by atoms with Crippen molar-refractivity contribution in [3.63, 3.8) is 0 Å². The fourth-order valence-corrected chi connectivity index (χ4v) is 4.15. The summed E-state index contributed by atoms with van der Waals surface area (Å²) >= 11 is 7.09. The lowest BCUT2D eigenvalue weighted by molar-refractivity contribution is -0.139. The second kappa shape index (κ2) is 11.5. The van der Waals surface area contributed by atoms with Gasteiger partial charge in [-0.25, -0.2) is 15.2 Å². The Bertz CT molecular complexity index is 1500. The van der Waals surface area contributed by atoms with Crippen molar-refractivity contribution in [2.75, 3.05) is 12.4 Å². The van der Waals surface area contributed by atoms with Crippen LogP contribution in [0.4, 0.5) is 0 Å². The minimum absolute atomic E-state index is 0.0626. The number of amides is 1. The number of carboxylic acids is 1. The van der Waals surface area contributed by atoms with E-state index in [2.05, 4.69) is 15.5 Å². The molecule has 36 heavy (non-hydrogen) atoms. The van der Waals surface area contributed by atoms with Crippen LogP contribution in [0.5, 0.6) is 5.75 Å². The molecule has 0 bridgehead atoms. The van der Waals surface area contributed by atoms with Crippen molar-refractivity contribution in [1.29, 1.82) is 0 Å². The van der Waals surface area contributed by atoms with E-state index >= 15 is 0 Å². The maximum Gasteiger partial charge on any atom is 0.341 e. The van der Waals surface area contributed by atoms with Crippen LogP contribution in [-0.2, 0) is 9.59 Å². The number of carboxylic acid groups (broad SMARTS) is 1. The summed E-state index contributed by atoms with van der Waals surface area (Å²) in [7, 11) is 0. The molecule has 0 aliphatic rings. The topological polar surface area (TPSA) is 123 Å². The third-order valence-electron chi connectivity index (χ3n) is 4.83. The molecule has 0 aliphatic carbocycles. The Hall–Kier alpha value is -4.15. The summed E-state index contributed by atoms with van der Waals surface area (Å²) in [6, 6.07) is 20.4. The van der Waals surface area contributed by atoms with Crippen molar-refractivity contribution in [1.82, 2.24) is 15.0 Å². The van der Waals surface area contributed by atoms with Crippen LogP contribution in [0.25, 0.3) is 16.6 Å². The fraction of sp³-hybridized carbons (Fsp3) is 0.0800. The van der Waals surface area contributed by atoms with E-state index in [0.29, 0.717) is 38.1 Å². The Balaban J connectivity index is 1.50. The molecule has 3 aromatic carbocycles. The van der Waals surface area contributed by atoms with E-state index in [1.807, 2.05) is 0 Å². The van der Waals surface area contributed by atoms with Gasteiger partial charge in [0.15, 0.2) is 11.8 Å². The first kappa shape index (κ1) is 25.0. The maximum atomic E-state index is 13.2. The van der Waals surface area contributed by atoms with Crippen LogP contribution in [-0.4, -0.2) is 45.1 Å². The van der Waals surface area contributed by atoms with Gasteiger partial charge in [-0.2, -0.15) is 5.10 Å². The monoisotopic (exact) mass is 522 g/mol. The number of nitrogens with zero attached hydrogens (tertiary/aromatic N) is 3. The van der Waals surface area contributed by atoms with E-state index in [-0.39, 0.29) is 11.3 Å². The second-order valence-corrected chi connectivity index (χ2v) is 8.71. The first-order chi connectivity index (χ1) is 17.4. The van der Waals surface area contributed by atoms with Crippen LogP contribution in [0.1, 0.15) is 5.56 Å². The minimum atomic E-state index is -1.11. The van der Waals surface area contributed by atoms with E-state index in [1.54, 1.807) is 72.8 Å². The molecule has 0 radical (unpaired) electrons. The molecule has 0 atom stereocenters. The summed E-state index contributed by atoms with van der Waals surface area (Å²) in [6.45, 7) is -0.498. The number of aromatic nitrogens is 2. The number of hydrogen-bond acceptors (Lipinski definition) is 7. The molecule has 182 valence electrons. The molecular weight excluding hydrogens is 504 g/mol. The predicted octanol–water partition coefficient (Wildman–Crippen LogP) is 3.74. The molecule has 1 amide bonds. The van der Waals surface area contributed by atoms with Crippen LogP contribution in [0.3, 0.4) is 0 Å². The number of benzene rings is 3. The summed E-state index contributed by atoms with van der Waals surface area (Å²) in [5.41, 5.74) is 3.75. The minimum Gasteiger partial charge on any atom is -0.481 e. The number of carbonyl (C=O) groups excluding carboxylic acids is 1. The normalized spacial score (nSPS) is 11.0. The Kier molecular flexibility index (Phi) is 7.99. The van der Waals surface area contributed by atoms with E-state index in [0.717, 1.165) is 11.8 Å². The first-order valence-electron chi connectivity index (χ1n) is 10.6. The standard InChI is InChI=1S/C25H19ClN4O5S/c26-17-9-11-18(12-10-17)30-24(34)19-6-2-3-7-20(19)28-25(30)36-15-22(31)29-27-13-16-5-1-4-8-21(16)35-14-23(32)33/h1-13H,14-15H2,(H,29,31)(H,32,33)/b27-13-. The van der Waals surface area contributed by atoms with Gasteiger partial charge >= 0.3 is 5.97 Å². The molecule has 0 aliphatic heterocycles. The highest BCUT2D eigenvalue weighted by atomic mass is 35.5. The SMILES string of the molecule is O=C(O)COc1ccccc1/C=N\NC(=O)CSc1nc2ccccc2c(=O)n1-c1ccc(Cl)cc1. The summed E-state index contributed by atoms with van der Waals surface area (Å²) in [5.74, 6) is -1.27. The molecule has 0 saturated heterocycles. The van der Waals surface area contributed by atoms with Gasteiger partial charge in [-0.05, 0) is 48.5 Å². The number of halogens is 1. The molecule has 1 heterocycles. The van der Waals surface area contributed by atoms with Crippen molar-refractivity contribution in [2.24, 2.45) is 5.10 Å². The number of hydrazone groups is 1. The number of aliphatic carboxylic acids is 1. The number of ether oxygens (including phenoxy) is 1.